The Labute approximate surface area is 108 Å². The average molecular weight is 248 g/mol. The van der Waals surface area contributed by atoms with Crippen LogP contribution in [0.4, 0.5) is 0 Å². The van der Waals surface area contributed by atoms with Crippen molar-refractivity contribution in [2.75, 3.05) is 0 Å². The number of fused-ring (bicyclic) bond motifs is 1. The van der Waals surface area contributed by atoms with Gasteiger partial charge in [0.1, 0.15) is 17.4 Å². The van der Waals surface area contributed by atoms with Gasteiger partial charge in [0.15, 0.2) is 0 Å². The topological polar surface area (TPSA) is 46.5 Å². The number of esters is 1. The Morgan fingerprint density at radius 3 is 2.72 bits per heavy atom. The Bertz CT molecular complexity index is 491. The van der Waals surface area contributed by atoms with Gasteiger partial charge in [-0.1, -0.05) is 26.3 Å². The molecule has 0 aliphatic carbocycles. The van der Waals surface area contributed by atoms with Gasteiger partial charge in [-0.15, -0.1) is 0 Å². The van der Waals surface area contributed by atoms with E-state index in [4.69, 9.17) is 4.74 Å². The Balaban J connectivity index is 2.49. The van der Waals surface area contributed by atoms with Crippen molar-refractivity contribution in [3.63, 3.8) is 0 Å². The zero-order valence-electron chi connectivity index (χ0n) is 11.4. The lowest BCUT2D eigenvalue weighted by atomic mass is 9.87. The molecule has 0 aromatic heterocycles. The molecule has 3 nitrogen and oxygen atoms in total. The van der Waals surface area contributed by atoms with Gasteiger partial charge < -0.3 is 9.84 Å². The lowest BCUT2D eigenvalue weighted by molar-refractivity contribution is 0.0103. The van der Waals surface area contributed by atoms with Crippen LogP contribution in [0.3, 0.4) is 0 Å². The molecule has 1 heterocycles. The first-order chi connectivity index (χ1) is 8.45. The number of carbonyl (C=O) groups is 1. The van der Waals surface area contributed by atoms with Crippen molar-refractivity contribution in [1.82, 2.24) is 0 Å². The minimum Gasteiger partial charge on any atom is -0.507 e. The molecular weight excluding hydrogens is 228 g/mol. The van der Waals surface area contributed by atoms with Crippen molar-refractivity contribution >= 4 is 5.97 Å². The van der Waals surface area contributed by atoms with E-state index in [0.29, 0.717) is 17.9 Å². The molecule has 1 aliphatic heterocycles. The summed E-state index contributed by atoms with van der Waals surface area (Å²) in [6.45, 7) is 7.97. The number of carbonyl (C=O) groups excluding carboxylic acids is 1. The molecule has 0 amide bonds. The van der Waals surface area contributed by atoms with E-state index in [1.165, 1.54) is 0 Å². The van der Waals surface area contributed by atoms with Crippen LogP contribution in [0.2, 0.25) is 0 Å². The summed E-state index contributed by atoms with van der Waals surface area (Å²) in [5.74, 6) is 0.0268. The Kier molecular flexibility index (Phi) is 3.33. The molecule has 0 spiro atoms. The first-order valence-electron chi connectivity index (χ1n) is 6.48. The third-order valence-corrected chi connectivity index (χ3v) is 3.97. The smallest absolute Gasteiger partial charge is 0.342 e. The van der Waals surface area contributed by atoms with Crippen LogP contribution >= 0.6 is 0 Å². The summed E-state index contributed by atoms with van der Waals surface area (Å²) in [5.41, 5.74) is 3.10. The maximum Gasteiger partial charge on any atom is 0.342 e. The molecule has 3 heteroatoms. The van der Waals surface area contributed by atoms with Crippen molar-refractivity contribution in [1.29, 1.82) is 0 Å². The van der Waals surface area contributed by atoms with E-state index in [0.717, 1.165) is 23.1 Å². The van der Waals surface area contributed by atoms with Gasteiger partial charge in [-0.25, -0.2) is 4.79 Å². The molecule has 18 heavy (non-hydrogen) atoms. The van der Waals surface area contributed by atoms with Crippen LogP contribution in [0.25, 0.3) is 0 Å². The van der Waals surface area contributed by atoms with Crippen LogP contribution in [0.5, 0.6) is 5.75 Å². The highest BCUT2D eigenvalue weighted by molar-refractivity contribution is 5.96. The Morgan fingerprint density at radius 1 is 1.44 bits per heavy atom. The number of hydrogen-bond donors (Lipinski definition) is 1. The van der Waals surface area contributed by atoms with E-state index in [2.05, 4.69) is 13.8 Å². The van der Waals surface area contributed by atoms with Crippen LogP contribution in [0, 0.1) is 19.8 Å². The van der Waals surface area contributed by atoms with Crippen LogP contribution in [-0.2, 0) is 11.2 Å². The van der Waals surface area contributed by atoms with Crippen LogP contribution in [0.15, 0.2) is 6.07 Å². The third-order valence-electron chi connectivity index (χ3n) is 3.97. The fourth-order valence-electron chi connectivity index (χ4n) is 2.52. The van der Waals surface area contributed by atoms with Gasteiger partial charge >= 0.3 is 5.97 Å². The van der Waals surface area contributed by atoms with Crippen LogP contribution < -0.4 is 0 Å². The maximum atomic E-state index is 12.1. The molecule has 0 radical (unpaired) electrons. The lowest BCUT2D eigenvalue weighted by Gasteiger charge is -2.30. The van der Waals surface area contributed by atoms with Gasteiger partial charge in [0.25, 0.3) is 0 Å². The van der Waals surface area contributed by atoms with Crippen molar-refractivity contribution in [3.05, 3.63) is 28.3 Å². The molecule has 0 fully saturated rings. The first-order valence-corrected chi connectivity index (χ1v) is 6.48. The van der Waals surface area contributed by atoms with Crippen LogP contribution in [0.1, 0.15) is 47.3 Å². The van der Waals surface area contributed by atoms with Gasteiger partial charge in [-0.05, 0) is 36.5 Å². The van der Waals surface area contributed by atoms with Crippen molar-refractivity contribution in [2.24, 2.45) is 5.92 Å². The summed E-state index contributed by atoms with van der Waals surface area (Å²) in [7, 11) is 0. The Hall–Kier alpha value is -1.51. The monoisotopic (exact) mass is 248 g/mol. The molecule has 2 unspecified atom stereocenters. The summed E-state index contributed by atoms with van der Waals surface area (Å²) in [6.07, 6.45) is 1.61. The number of hydrogen-bond acceptors (Lipinski definition) is 3. The molecule has 98 valence electrons. The number of aryl methyl sites for hydroxylation is 2. The molecular formula is C15H20O3. The standard InChI is InChI=1S/C15H20O3/c1-5-8(2)12-7-11-9(3)6-10(4)14(16)13(11)15(17)18-12/h6,8,12,16H,5,7H2,1-4H3. The largest absolute Gasteiger partial charge is 0.507 e. The average Bonchev–Trinajstić information content (AvgIpc) is 2.34. The predicted octanol–water partition coefficient (Wildman–Crippen LogP) is 3.14. The van der Waals surface area contributed by atoms with E-state index in [1.54, 1.807) is 6.92 Å². The van der Waals surface area contributed by atoms with Crippen molar-refractivity contribution < 1.29 is 14.6 Å². The minimum absolute atomic E-state index is 0.0724. The minimum atomic E-state index is -0.383. The van der Waals surface area contributed by atoms with E-state index in [-0.39, 0.29) is 17.8 Å². The molecule has 1 N–H and O–H groups in total. The van der Waals surface area contributed by atoms with E-state index in [9.17, 15) is 9.90 Å². The number of rotatable bonds is 2. The van der Waals surface area contributed by atoms with Crippen molar-refractivity contribution in [2.45, 2.75) is 46.6 Å². The van der Waals surface area contributed by atoms with Gasteiger partial charge in [-0.3, -0.25) is 0 Å². The molecule has 0 saturated carbocycles. The zero-order chi connectivity index (χ0) is 13.4. The van der Waals surface area contributed by atoms with Gasteiger partial charge in [0.2, 0.25) is 0 Å². The van der Waals surface area contributed by atoms with Gasteiger partial charge in [-0.2, -0.15) is 0 Å². The highest BCUT2D eigenvalue weighted by Gasteiger charge is 2.33. The van der Waals surface area contributed by atoms with E-state index >= 15 is 0 Å². The second-order valence-corrected chi connectivity index (χ2v) is 5.25. The second kappa shape index (κ2) is 4.63. The summed E-state index contributed by atoms with van der Waals surface area (Å²) in [5, 5.41) is 10.0. The number of aromatic hydroxyl groups is 1. The number of cyclic esters (lactones) is 1. The number of ether oxygens (including phenoxy) is 1. The maximum absolute atomic E-state index is 12.1. The zero-order valence-corrected chi connectivity index (χ0v) is 11.4. The summed E-state index contributed by atoms with van der Waals surface area (Å²) >= 11 is 0. The molecule has 0 saturated heterocycles. The predicted molar refractivity (Wildman–Crippen MR) is 69.9 cm³/mol. The molecule has 2 rings (SSSR count). The normalized spacial score (nSPS) is 20.2. The quantitative estimate of drug-likeness (QED) is 0.818. The molecule has 1 aliphatic rings. The number of phenols is 1. The van der Waals surface area contributed by atoms with E-state index in [1.807, 2.05) is 13.0 Å². The summed E-state index contributed by atoms with van der Waals surface area (Å²) in [4.78, 5) is 12.1. The third kappa shape index (κ3) is 1.98. The Morgan fingerprint density at radius 2 is 2.11 bits per heavy atom. The fourth-order valence-corrected chi connectivity index (χ4v) is 2.52. The van der Waals surface area contributed by atoms with Gasteiger partial charge in [0, 0.05) is 6.42 Å². The highest BCUT2D eigenvalue weighted by atomic mass is 16.5. The highest BCUT2D eigenvalue weighted by Crippen LogP contribution is 2.35. The molecule has 0 bridgehead atoms. The van der Waals surface area contributed by atoms with Crippen molar-refractivity contribution in [3.8, 4) is 5.75 Å². The first kappa shape index (κ1) is 12.9. The molecule has 1 aromatic carbocycles. The summed E-state index contributed by atoms with van der Waals surface area (Å²) < 4.78 is 5.46. The van der Waals surface area contributed by atoms with E-state index < -0.39 is 0 Å². The lowest BCUT2D eigenvalue weighted by Crippen LogP contribution is -2.33. The summed E-state index contributed by atoms with van der Waals surface area (Å²) in [6, 6.07) is 1.93. The number of phenolic OH excluding ortho intramolecular Hbond substituents is 1. The van der Waals surface area contributed by atoms with Crippen LogP contribution in [-0.4, -0.2) is 17.2 Å². The second-order valence-electron chi connectivity index (χ2n) is 5.25. The van der Waals surface area contributed by atoms with Gasteiger partial charge in [0.05, 0.1) is 0 Å². The molecule has 2 atom stereocenters. The molecule has 1 aromatic rings. The number of benzene rings is 1. The fraction of sp³-hybridized carbons (Fsp3) is 0.533. The SMILES string of the molecule is CCC(C)C1Cc2c(C)cc(C)c(O)c2C(=O)O1.